The van der Waals surface area contributed by atoms with E-state index in [2.05, 4.69) is 62.2 Å². The highest BCUT2D eigenvalue weighted by Crippen LogP contribution is 2.29. The van der Waals surface area contributed by atoms with E-state index in [1.54, 1.807) is 0 Å². The second-order valence-corrected chi connectivity index (χ2v) is 7.11. The lowest BCUT2D eigenvalue weighted by Gasteiger charge is -2.33. The number of rotatable bonds is 6. The van der Waals surface area contributed by atoms with Crippen LogP contribution in [-0.4, -0.2) is 18.6 Å². The van der Waals surface area contributed by atoms with Crippen LogP contribution in [0.3, 0.4) is 0 Å². The maximum absolute atomic E-state index is 3.54. The Bertz CT molecular complexity index is 398. The molecule has 1 N–H and O–H groups in total. The number of nitrogens with zero attached hydrogens (tertiary/aromatic N) is 1. The first-order valence-corrected chi connectivity index (χ1v) is 8.07. The predicted octanol–water partition coefficient (Wildman–Crippen LogP) is 4.20. The molecule has 0 heterocycles. The van der Waals surface area contributed by atoms with Crippen molar-refractivity contribution in [1.29, 1.82) is 0 Å². The van der Waals surface area contributed by atoms with Crippen LogP contribution in [0.25, 0.3) is 0 Å². The SMILES string of the molecule is CCN(CC1CCC1)c1ccc(CNC(C)(C)C)cc1. The van der Waals surface area contributed by atoms with Crippen molar-refractivity contribution in [3.63, 3.8) is 0 Å². The van der Waals surface area contributed by atoms with Gasteiger partial charge < -0.3 is 10.2 Å². The molecule has 20 heavy (non-hydrogen) atoms. The molecule has 0 spiro atoms. The zero-order valence-electron chi connectivity index (χ0n) is 13.6. The number of hydrogen-bond donors (Lipinski definition) is 1. The molecule has 0 saturated heterocycles. The van der Waals surface area contributed by atoms with Crippen LogP contribution < -0.4 is 10.2 Å². The number of nitrogens with one attached hydrogen (secondary N) is 1. The predicted molar refractivity (Wildman–Crippen MR) is 88.3 cm³/mol. The summed E-state index contributed by atoms with van der Waals surface area (Å²) in [5.41, 5.74) is 2.92. The Morgan fingerprint density at radius 1 is 1.15 bits per heavy atom. The second kappa shape index (κ2) is 6.62. The standard InChI is InChI=1S/C18H30N2/c1-5-20(14-16-7-6-8-16)17-11-9-15(10-12-17)13-19-18(2,3)4/h9-12,16,19H,5-8,13-14H2,1-4H3. The monoisotopic (exact) mass is 274 g/mol. The molecule has 2 nitrogen and oxygen atoms in total. The topological polar surface area (TPSA) is 15.3 Å². The van der Waals surface area contributed by atoms with E-state index in [1.165, 1.54) is 37.1 Å². The first-order valence-electron chi connectivity index (χ1n) is 8.07. The summed E-state index contributed by atoms with van der Waals surface area (Å²) >= 11 is 0. The molecule has 2 heteroatoms. The fourth-order valence-electron chi connectivity index (χ4n) is 2.60. The zero-order chi connectivity index (χ0) is 14.6. The van der Waals surface area contributed by atoms with E-state index in [0.717, 1.165) is 19.0 Å². The van der Waals surface area contributed by atoms with Crippen molar-refractivity contribution in [2.24, 2.45) is 5.92 Å². The third-order valence-corrected chi connectivity index (χ3v) is 4.21. The molecule has 2 rings (SSSR count). The van der Waals surface area contributed by atoms with Gasteiger partial charge in [-0.3, -0.25) is 0 Å². The molecular weight excluding hydrogens is 244 g/mol. The van der Waals surface area contributed by atoms with Gasteiger partial charge in [0.25, 0.3) is 0 Å². The maximum Gasteiger partial charge on any atom is 0.0366 e. The molecule has 1 aromatic rings. The third-order valence-electron chi connectivity index (χ3n) is 4.21. The highest BCUT2D eigenvalue weighted by Gasteiger charge is 2.20. The minimum Gasteiger partial charge on any atom is -0.372 e. The van der Waals surface area contributed by atoms with Gasteiger partial charge in [0.2, 0.25) is 0 Å². The molecule has 1 aliphatic rings. The van der Waals surface area contributed by atoms with Gasteiger partial charge in [0.1, 0.15) is 0 Å². The lowest BCUT2D eigenvalue weighted by Crippen LogP contribution is -2.35. The van der Waals surface area contributed by atoms with Gasteiger partial charge in [0.15, 0.2) is 0 Å². The Morgan fingerprint density at radius 2 is 1.80 bits per heavy atom. The van der Waals surface area contributed by atoms with Crippen molar-refractivity contribution in [3.05, 3.63) is 29.8 Å². The number of benzene rings is 1. The van der Waals surface area contributed by atoms with Gasteiger partial charge >= 0.3 is 0 Å². The van der Waals surface area contributed by atoms with Crippen molar-refractivity contribution < 1.29 is 0 Å². The van der Waals surface area contributed by atoms with Crippen molar-refractivity contribution in [3.8, 4) is 0 Å². The molecule has 1 aliphatic carbocycles. The van der Waals surface area contributed by atoms with Gasteiger partial charge in [-0.05, 0) is 64.2 Å². The van der Waals surface area contributed by atoms with E-state index < -0.39 is 0 Å². The van der Waals surface area contributed by atoms with Gasteiger partial charge in [-0.15, -0.1) is 0 Å². The molecule has 0 aromatic heterocycles. The molecule has 1 fully saturated rings. The highest BCUT2D eigenvalue weighted by atomic mass is 15.1. The lowest BCUT2D eigenvalue weighted by atomic mass is 9.85. The summed E-state index contributed by atoms with van der Waals surface area (Å²) in [6, 6.07) is 9.08. The number of anilines is 1. The number of hydrogen-bond acceptors (Lipinski definition) is 2. The molecule has 0 bridgehead atoms. The molecule has 0 amide bonds. The highest BCUT2D eigenvalue weighted by molar-refractivity contribution is 5.47. The Hall–Kier alpha value is -1.02. The zero-order valence-corrected chi connectivity index (χ0v) is 13.6. The van der Waals surface area contributed by atoms with Gasteiger partial charge in [0.05, 0.1) is 0 Å². The van der Waals surface area contributed by atoms with Gasteiger partial charge in [0, 0.05) is 30.9 Å². The fraction of sp³-hybridized carbons (Fsp3) is 0.667. The average molecular weight is 274 g/mol. The minimum atomic E-state index is 0.179. The summed E-state index contributed by atoms with van der Waals surface area (Å²) in [5.74, 6) is 0.928. The van der Waals surface area contributed by atoms with Crippen LogP contribution in [0.2, 0.25) is 0 Å². The summed E-state index contributed by atoms with van der Waals surface area (Å²) < 4.78 is 0. The summed E-state index contributed by atoms with van der Waals surface area (Å²) in [6.07, 6.45) is 4.27. The smallest absolute Gasteiger partial charge is 0.0366 e. The van der Waals surface area contributed by atoms with E-state index in [1.807, 2.05) is 0 Å². The first-order chi connectivity index (χ1) is 9.48. The van der Waals surface area contributed by atoms with Crippen LogP contribution in [0.5, 0.6) is 0 Å². The molecule has 112 valence electrons. The summed E-state index contributed by atoms with van der Waals surface area (Å²) in [6.45, 7) is 12.2. The Kier molecular flexibility index (Phi) is 5.09. The molecule has 0 atom stereocenters. The van der Waals surface area contributed by atoms with Crippen LogP contribution in [0.15, 0.2) is 24.3 Å². The van der Waals surface area contributed by atoms with Crippen LogP contribution in [0, 0.1) is 5.92 Å². The summed E-state index contributed by atoms with van der Waals surface area (Å²) in [5, 5.41) is 3.54. The van der Waals surface area contributed by atoms with Crippen molar-refractivity contribution in [2.45, 2.75) is 59.0 Å². The van der Waals surface area contributed by atoms with Gasteiger partial charge in [-0.2, -0.15) is 0 Å². The van der Waals surface area contributed by atoms with E-state index in [4.69, 9.17) is 0 Å². The normalized spacial score (nSPS) is 16.0. The molecule has 0 unspecified atom stereocenters. The van der Waals surface area contributed by atoms with Crippen molar-refractivity contribution in [2.75, 3.05) is 18.0 Å². The second-order valence-electron chi connectivity index (χ2n) is 7.11. The Labute approximate surface area is 124 Å². The molecule has 0 radical (unpaired) electrons. The fourth-order valence-corrected chi connectivity index (χ4v) is 2.60. The van der Waals surface area contributed by atoms with E-state index in [0.29, 0.717) is 0 Å². The quantitative estimate of drug-likeness (QED) is 0.836. The minimum absolute atomic E-state index is 0.179. The van der Waals surface area contributed by atoms with Crippen molar-refractivity contribution in [1.82, 2.24) is 5.32 Å². The van der Waals surface area contributed by atoms with Gasteiger partial charge in [-0.1, -0.05) is 18.6 Å². The molecule has 1 saturated carbocycles. The van der Waals surface area contributed by atoms with E-state index in [-0.39, 0.29) is 5.54 Å². The van der Waals surface area contributed by atoms with E-state index >= 15 is 0 Å². The summed E-state index contributed by atoms with van der Waals surface area (Å²) in [4.78, 5) is 2.52. The molecular formula is C18H30N2. The van der Waals surface area contributed by atoms with Gasteiger partial charge in [-0.25, -0.2) is 0 Å². The first kappa shape index (κ1) is 15.4. The lowest BCUT2D eigenvalue weighted by molar-refractivity contribution is 0.318. The van der Waals surface area contributed by atoms with Crippen LogP contribution in [-0.2, 0) is 6.54 Å². The largest absolute Gasteiger partial charge is 0.372 e. The summed E-state index contributed by atoms with van der Waals surface area (Å²) in [7, 11) is 0. The van der Waals surface area contributed by atoms with E-state index in [9.17, 15) is 0 Å². The Morgan fingerprint density at radius 3 is 2.25 bits per heavy atom. The van der Waals surface area contributed by atoms with Crippen molar-refractivity contribution >= 4 is 5.69 Å². The van der Waals surface area contributed by atoms with Crippen LogP contribution in [0.1, 0.15) is 52.5 Å². The molecule has 1 aromatic carbocycles. The Balaban J connectivity index is 1.91. The average Bonchev–Trinajstić information content (AvgIpc) is 2.35. The van der Waals surface area contributed by atoms with Crippen LogP contribution in [0.4, 0.5) is 5.69 Å². The maximum atomic E-state index is 3.54. The molecule has 0 aliphatic heterocycles. The van der Waals surface area contributed by atoms with Crippen LogP contribution >= 0.6 is 0 Å². The third kappa shape index (κ3) is 4.52.